The van der Waals surface area contributed by atoms with Crippen molar-refractivity contribution in [2.45, 2.75) is 19.8 Å². The minimum Gasteiger partial charge on any atom is -0.464 e. The quantitative estimate of drug-likeness (QED) is 0.467. The fourth-order valence-corrected chi connectivity index (χ4v) is 2.94. The van der Waals surface area contributed by atoms with Crippen LogP contribution in [0.1, 0.15) is 25.3 Å². The first-order valence-electron chi connectivity index (χ1n) is 7.60. The smallest absolute Gasteiger partial charge is 0.134 e. The number of pyridine rings is 1. The highest BCUT2D eigenvalue weighted by molar-refractivity contribution is 5.87. The lowest BCUT2D eigenvalue weighted by molar-refractivity contribution is 0.616. The van der Waals surface area contributed by atoms with Crippen molar-refractivity contribution in [3.8, 4) is 11.3 Å². The number of aromatic nitrogens is 1. The zero-order valence-corrected chi connectivity index (χ0v) is 12.7. The lowest BCUT2D eigenvalue weighted by Gasteiger charge is -2.12. The van der Waals surface area contributed by atoms with Gasteiger partial charge in [-0.2, -0.15) is 0 Å². The molecule has 0 fully saturated rings. The van der Waals surface area contributed by atoms with Gasteiger partial charge in [-0.05, 0) is 35.7 Å². The predicted molar refractivity (Wildman–Crippen MR) is 91.0 cm³/mol. The van der Waals surface area contributed by atoms with E-state index in [9.17, 15) is 0 Å². The SMILES string of the molecule is CC(C)c1cc(-c2ccc3ccoc3c2)nc2ccccc12. The first kappa shape index (κ1) is 13.1. The third-order valence-electron chi connectivity index (χ3n) is 4.12. The molecule has 0 radical (unpaired) electrons. The van der Waals surface area contributed by atoms with Gasteiger partial charge in [0.2, 0.25) is 0 Å². The molecule has 0 aliphatic rings. The topological polar surface area (TPSA) is 26.0 Å². The summed E-state index contributed by atoms with van der Waals surface area (Å²) < 4.78 is 5.52. The van der Waals surface area contributed by atoms with Gasteiger partial charge in [-0.3, -0.25) is 0 Å². The number of benzene rings is 2. The van der Waals surface area contributed by atoms with E-state index >= 15 is 0 Å². The summed E-state index contributed by atoms with van der Waals surface area (Å²) in [5, 5.41) is 2.36. The first-order chi connectivity index (χ1) is 10.7. The average Bonchev–Trinajstić information content (AvgIpc) is 3.01. The summed E-state index contributed by atoms with van der Waals surface area (Å²) in [5.41, 5.74) is 5.37. The van der Waals surface area contributed by atoms with Crippen molar-refractivity contribution in [3.63, 3.8) is 0 Å². The van der Waals surface area contributed by atoms with Gasteiger partial charge in [0.05, 0.1) is 17.5 Å². The molecule has 0 atom stereocenters. The van der Waals surface area contributed by atoms with Crippen LogP contribution in [0, 0.1) is 0 Å². The maximum atomic E-state index is 5.52. The van der Waals surface area contributed by atoms with Gasteiger partial charge in [-0.1, -0.05) is 44.2 Å². The zero-order valence-electron chi connectivity index (χ0n) is 12.7. The van der Waals surface area contributed by atoms with Crippen LogP contribution in [0.25, 0.3) is 33.1 Å². The molecule has 0 aliphatic heterocycles. The Morgan fingerprint density at radius 1 is 0.955 bits per heavy atom. The Morgan fingerprint density at radius 2 is 1.82 bits per heavy atom. The van der Waals surface area contributed by atoms with Crippen LogP contribution in [0.4, 0.5) is 0 Å². The average molecular weight is 287 g/mol. The highest BCUT2D eigenvalue weighted by atomic mass is 16.3. The molecule has 0 N–H and O–H groups in total. The predicted octanol–water partition coefficient (Wildman–Crippen LogP) is 5.77. The molecule has 2 heterocycles. The Balaban J connectivity index is 1.97. The molecule has 0 aliphatic carbocycles. The summed E-state index contributed by atoms with van der Waals surface area (Å²) in [6.07, 6.45) is 1.72. The van der Waals surface area contributed by atoms with Crippen molar-refractivity contribution in [1.29, 1.82) is 0 Å². The summed E-state index contributed by atoms with van der Waals surface area (Å²) in [6.45, 7) is 4.45. The second-order valence-electron chi connectivity index (χ2n) is 5.94. The van der Waals surface area contributed by atoms with Crippen LogP contribution >= 0.6 is 0 Å². The van der Waals surface area contributed by atoms with Crippen LogP contribution in [0.5, 0.6) is 0 Å². The maximum absolute atomic E-state index is 5.52. The van der Waals surface area contributed by atoms with Gasteiger partial charge >= 0.3 is 0 Å². The molecular weight excluding hydrogens is 270 g/mol. The first-order valence-corrected chi connectivity index (χ1v) is 7.60. The minimum atomic E-state index is 0.457. The molecule has 0 amide bonds. The Hall–Kier alpha value is -2.61. The standard InChI is InChI=1S/C20H17NO/c1-13(2)17-12-19(21-18-6-4-3-5-16(17)18)15-8-7-14-9-10-22-20(14)11-15/h3-13H,1-2H3. The van der Waals surface area contributed by atoms with Crippen molar-refractivity contribution < 1.29 is 4.42 Å². The molecule has 4 aromatic rings. The van der Waals surface area contributed by atoms with Gasteiger partial charge in [0.15, 0.2) is 0 Å². The number of nitrogens with zero attached hydrogens (tertiary/aromatic N) is 1. The van der Waals surface area contributed by atoms with Crippen LogP contribution in [-0.2, 0) is 0 Å². The molecule has 4 rings (SSSR count). The van der Waals surface area contributed by atoms with Crippen molar-refractivity contribution in [1.82, 2.24) is 4.98 Å². The van der Waals surface area contributed by atoms with Crippen LogP contribution in [0.2, 0.25) is 0 Å². The molecule has 2 heteroatoms. The lowest BCUT2D eigenvalue weighted by atomic mass is 9.96. The molecule has 2 aromatic heterocycles. The molecule has 0 saturated heterocycles. The second kappa shape index (κ2) is 4.99. The molecule has 2 aromatic carbocycles. The number of para-hydroxylation sites is 1. The van der Waals surface area contributed by atoms with Gasteiger partial charge in [-0.15, -0.1) is 0 Å². The fourth-order valence-electron chi connectivity index (χ4n) is 2.94. The van der Waals surface area contributed by atoms with Crippen LogP contribution in [-0.4, -0.2) is 4.98 Å². The summed E-state index contributed by atoms with van der Waals surface area (Å²) in [4.78, 5) is 4.84. The fraction of sp³-hybridized carbons (Fsp3) is 0.150. The molecule has 0 spiro atoms. The normalized spacial score (nSPS) is 11.6. The Bertz CT molecular complexity index is 966. The van der Waals surface area contributed by atoms with E-state index in [1.165, 1.54) is 10.9 Å². The van der Waals surface area contributed by atoms with E-state index in [1.807, 2.05) is 12.1 Å². The maximum Gasteiger partial charge on any atom is 0.134 e. The third-order valence-corrected chi connectivity index (χ3v) is 4.12. The van der Waals surface area contributed by atoms with E-state index in [1.54, 1.807) is 6.26 Å². The van der Waals surface area contributed by atoms with E-state index in [0.717, 1.165) is 27.7 Å². The highest BCUT2D eigenvalue weighted by Crippen LogP contribution is 2.30. The Labute approximate surface area is 129 Å². The molecule has 0 unspecified atom stereocenters. The number of hydrogen-bond acceptors (Lipinski definition) is 2. The summed E-state index contributed by atoms with van der Waals surface area (Å²) in [6, 6.07) is 18.8. The Morgan fingerprint density at radius 3 is 2.68 bits per heavy atom. The van der Waals surface area contributed by atoms with Gasteiger partial charge in [0.25, 0.3) is 0 Å². The van der Waals surface area contributed by atoms with E-state index in [4.69, 9.17) is 9.40 Å². The molecule has 22 heavy (non-hydrogen) atoms. The van der Waals surface area contributed by atoms with E-state index in [2.05, 4.69) is 56.3 Å². The number of hydrogen-bond donors (Lipinski definition) is 0. The van der Waals surface area contributed by atoms with Crippen LogP contribution < -0.4 is 0 Å². The minimum absolute atomic E-state index is 0.457. The van der Waals surface area contributed by atoms with Crippen LogP contribution in [0.3, 0.4) is 0 Å². The van der Waals surface area contributed by atoms with E-state index in [0.29, 0.717) is 5.92 Å². The third kappa shape index (κ3) is 2.08. The number of rotatable bonds is 2. The summed E-state index contributed by atoms with van der Waals surface area (Å²) >= 11 is 0. The number of furan rings is 1. The largest absolute Gasteiger partial charge is 0.464 e. The summed E-state index contributed by atoms with van der Waals surface area (Å²) in [7, 11) is 0. The molecule has 0 saturated carbocycles. The highest BCUT2D eigenvalue weighted by Gasteiger charge is 2.11. The zero-order chi connectivity index (χ0) is 15.1. The summed E-state index contributed by atoms with van der Waals surface area (Å²) in [5.74, 6) is 0.457. The second-order valence-corrected chi connectivity index (χ2v) is 5.94. The van der Waals surface area contributed by atoms with Crippen molar-refractivity contribution in [2.75, 3.05) is 0 Å². The van der Waals surface area contributed by atoms with Crippen LogP contribution in [0.15, 0.2) is 65.3 Å². The molecule has 108 valence electrons. The monoisotopic (exact) mass is 287 g/mol. The van der Waals surface area contributed by atoms with Crippen molar-refractivity contribution in [2.24, 2.45) is 0 Å². The van der Waals surface area contributed by atoms with Gasteiger partial charge < -0.3 is 4.42 Å². The lowest BCUT2D eigenvalue weighted by Crippen LogP contribution is -1.94. The van der Waals surface area contributed by atoms with Gasteiger partial charge in [-0.25, -0.2) is 4.98 Å². The van der Waals surface area contributed by atoms with Gasteiger partial charge in [0, 0.05) is 16.3 Å². The van der Waals surface area contributed by atoms with Crippen molar-refractivity contribution >= 4 is 21.9 Å². The van der Waals surface area contributed by atoms with Gasteiger partial charge in [0.1, 0.15) is 5.58 Å². The van der Waals surface area contributed by atoms with E-state index in [-0.39, 0.29) is 0 Å². The number of fused-ring (bicyclic) bond motifs is 2. The Kier molecular flexibility index (Phi) is 2.97. The van der Waals surface area contributed by atoms with E-state index < -0.39 is 0 Å². The van der Waals surface area contributed by atoms with Crippen molar-refractivity contribution in [3.05, 3.63) is 66.4 Å². The molecule has 2 nitrogen and oxygen atoms in total. The molecule has 0 bridgehead atoms. The molecular formula is C20H17NO.